The summed E-state index contributed by atoms with van der Waals surface area (Å²) in [6, 6.07) is 10.8. The van der Waals surface area contributed by atoms with Crippen molar-refractivity contribution in [2.75, 3.05) is 38.3 Å². The van der Waals surface area contributed by atoms with E-state index in [1.54, 1.807) is 23.1 Å². The lowest BCUT2D eigenvalue weighted by Gasteiger charge is -2.34. The van der Waals surface area contributed by atoms with Crippen molar-refractivity contribution in [2.45, 2.75) is 6.54 Å². The number of hydrogen-bond acceptors (Lipinski definition) is 5. The molecule has 0 unspecified atom stereocenters. The Balaban J connectivity index is 1.30. The number of anilines is 1. The Morgan fingerprint density at radius 1 is 1.00 bits per heavy atom. The molecule has 0 saturated carbocycles. The highest BCUT2D eigenvalue weighted by atomic mass is 35.5. The molecule has 1 saturated heterocycles. The molecule has 0 spiro atoms. The number of nitrogens with zero attached hydrogens (tertiary/aromatic N) is 2. The molecule has 2 amide bonds. The fourth-order valence-corrected chi connectivity index (χ4v) is 3.67. The van der Waals surface area contributed by atoms with Gasteiger partial charge in [0.05, 0.1) is 15.7 Å². The number of carbonyl (C=O) groups is 2. The molecule has 2 aromatic carbocycles. The first-order valence-corrected chi connectivity index (χ1v) is 9.92. The van der Waals surface area contributed by atoms with Crippen LogP contribution in [-0.4, -0.2) is 54.6 Å². The lowest BCUT2D eigenvalue weighted by Crippen LogP contribution is -2.51. The van der Waals surface area contributed by atoms with Gasteiger partial charge in [-0.05, 0) is 29.8 Å². The molecule has 0 radical (unpaired) electrons. The maximum atomic E-state index is 12.5. The molecule has 1 fully saturated rings. The lowest BCUT2D eigenvalue weighted by molar-refractivity contribution is -0.144. The lowest BCUT2D eigenvalue weighted by atomic mass is 10.1. The highest BCUT2D eigenvalue weighted by molar-refractivity contribution is 6.45. The van der Waals surface area contributed by atoms with E-state index in [1.807, 2.05) is 18.2 Å². The van der Waals surface area contributed by atoms with Crippen LogP contribution in [0, 0.1) is 0 Å². The quantitative estimate of drug-likeness (QED) is 0.750. The van der Waals surface area contributed by atoms with Crippen molar-refractivity contribution in [3.8, 4) is 11.5 Å². The molecule has 2 aromatic rings. The third-order valence-corrected chi connectivity index (χ3v) is 5.72. The molecule has 2 aliphatic heterocycles. The number of piperazine rings is 1. The van der Waals surface area contributed by atoms with Crippen molar-refractivity contribution in [3.05, 3.63) is 52.0 Å². The van der Waals surface area contributed by atoms with E-state index in [0.717, 1.165) is 23.6 Å². The van der Waals surface area contributed by atoms with Crippen LogP contribution in [-0.2, 0) is 16.1 Å². The number of halogens is 2. The summed E-state index contributed by atoms with van der Waals surface area (Å²) in [7, 11) is 0. The van der Waals surface area contributed by atoms with Gasteiger partial charge in [-0.25, -0.2) is 0 Å². The van der Waals surface area contributed by atoms with Crippen molar-refractivity contribution in [2.24, 2.45) is 0 Å². The fraction of sp³-hybridized carbons (Fsp3) is 0.300. The Hall–Kier alpha value is -2.48. The summed E-state index contributed by atoms with van der Waals surface area (Å²) in [5, 5.41) is 3.06. The van der Waals surface area contributed by atoms with E-state index in [0.29, 0.717) is 36.9 Å². The number of hydrogen-bond donors (Lipinski definition) is 1. The van der Waals surface area contributed by atoms with Crippen molar-refractivity contribution in [1.82, 2.24) is 9.80 Å². The van der Waals surface area contributed by atoms with Crippen LogP contribution in [0.3, 0.4) is 0 Å². The summed E-state index contributed by atoms with van der Waals surface area (Å²) in [4.78, 5) is 28.6. The van der Waals surface area contributed by atoms with Gasteiger partial charge in [0.25, 0.3) is 0 Å². The molecular formula is C20H19Cl2N3O4. The van der Waals surface area contributed by atoms with E-state index in [2.05, 4.69) is 10.2 Å². The van der Waals surface area contributed by atoms with Crippen molar-refractivity contribution in [1.29, 1.82) is 0 Å². The van der Waals surface area contributed by atoms with Crippen LogP contribution in [0.15, 0.2) is 36.4 Å². The highest BCUT2D eigenvalue weighted by Crippen LogP contribution is 2.33. The Kier molecular flexibility index (Phi) is 5.80. The van der Waals surface area contributed by atoms with E-state index in [9.17, 15) is 9.59 Å². The molecular weight excluding hydrogens is 417 g/mol. The Bertz CT molecular complexity index is 945. The first-order valence-electron chi connectivity index (χ1n) is 9.16. The van der Waals surface area contributed by atoms with Gasteiger partial charge in [-0.2, -0.15) is 0 Å². The molecule has 0 atom stereocenters. The topological polar surface area (TPSA) is 71.1 Å². The Morgan fingerprint density at radius 2 is 1.76 bits per heavy atom. The molecule has 29 heavy (non-hydrogen) atoms. The predicted octanol–water partition coefficient (Wildman–Crippen LogP) is 3.01. The maximum absolute atomic E-state index is 12.5. The molecule has 2 aliphatic rings. The van der Waals surface area contributed by atoms with Crippen molar-refractivity contribution < 1.29 is 19.1 Å². The second kappa shape index (κ2) is 8.49. The van der Waals surface area contributed by atoms with Crippen LogP contribution in [0.5, 0.6) is 11.5 Å². The summed E-state index contributed by atoms with van der Waals surface area (Å²) in [5.41, 5.74) is 1.43. The minimum Gasteiger partial charge on any atom is -0.454 e. The van der Waals surface area contributed by atoms with Crippen LogP contribution >= 0.6 is 23.2 Å². The number of rotatable bonds is 3. The van der Waals surface area contributed by atoms with Gasteiger partial charge >= 0.3 is 11.8 Å². The van der Waals surface area contributed by atoms with E-state index < -0.39 is 11.8 Å². The number of fused-ring (bicyclic) bond motifs is 1. The van der Waals surface area contributed by atoms with Crippen molar-refractivity contribution in [3.63, 3.8) is 0 Å². The zero-order valence-electron chi connectivity index (χ0n) is 15.5. The van der Waals surface area contributed by atoms with E-state index >= 15 is 0 Å². The van der Waals surface area contributed by atoms with Crippen LogP contribution in [0.2, 0.25) is 10.0 Å². The smallest absolute Gasteiger partial charge is 0.313 e. The van der Waals surface area contributed by atoms with Crippen LogP contribution in [0.4, 0.5) is 5.69 Å². The number of benzene rings is 2. The first kappa shape index (κ1) is 19.8. The van der Waals surface area contributed by atoms with E-state index in [-0.39, 0.29) is 11.8 Å². The number of carbonyl (C=O) groups excluding carboxylic acids is 2. The summed E-state index contributed by atoms with van der Waals surface area (Å²) in [5.74, 6) is 0.213. The molecule has 9 heteroatoms. The second-order valence-electron chi connectivity index (χ2n) is 6.81. The van der Waals surface area contributed by atoms with E-state index in [4.69, 9.17) is 32.7 Å². The molecule has 1 N–H and O–H groups in total. The largest absolute Gasteiger partial charge is 0.454 e. The van der Waals surface area contributed by atoms with Crippen molar-refractivity contribution >= 4 is 40.7 Å². The summed E-state index contributed by atoms with van der Waals surface area (Å²) in [6.45, 7) is 3.28. The Labute approximate surface area is 178 Å². The zero-order valence-corrected chi connectivity index (χ0v) is 17.0. The highest BCUT2D eigenvalue weighted by Gasteiger charge is 2.27. The second-order valence-corrected chi connectivity index (χ2v) is 7.60. The number of amides is 2. The fourth-order valence-electron chi connectivity index (χ4n) is 3.33. The minimum absolute atomic E-state index is 0.212. The molecule has 152 valence electrons. The molecule has 0 aromatic heterocycles. The third kappa shape index (κ3) is 4.42. The summed E-state index contributed by atoms with van der Waals surface area (Å²) < 4.78 is 10.7. The summed E-state index contributed by atoms with van der Waals surface area (Å²) in [6.07, 6.45) is 0. The maximum Gasteiger partial charge on any atom is 0.313 e. The average molecular weight is 436 g/mol. The zero-order chi connectivity index (χ0) is 20.4. The van der Waals surface area contributed by atoms with E-state index in [1.165, 1.54) is 0 Å². The van der Waals surface area contributed by atoms with Gasteiger partial charge in [-0.1, -0.05) is 35.3 Å². The molecule has 7 nitrogen and oxygen atoms in total. The van der Waals surface area contributed by atoms with Crippen LogP contribution in [0.25, 0.3) is 0 Å². The molecule has 0 bridgehead atoms. The average Bonchev–Trinajstić information content (AvgIpc) is 3.19. The normalized spacial score (nSPS) is 16.0. The number of nitrogens with one attached hydrogen (secondary N) is 1. The van der Waals surface area contributed by atoms with Gasteiger partial charge < -0.3 is 19.7 Å². The monoisotopic (exact) mass is 435 g/mol. The van der Waals surface area contributed by atoms with Gasteiger partial charge in [-0.3, -0.25) is 14.5 Å². The van der Waals surface area contributed by atoms with Gasteiger partial charge in [-0.15, -0.1) is 0 Å². The van der Waals surface area contributed by atoms with Gasteiger partial charge in [0.1, 0.15) is 0 Å². The standard InChI is InChI=1S/C20H19Cl2N3O4/c21-14-2-1-3-15(18(14)22)23-19(26)20(27)25-8-6-24(7-9-25)11-13-4-5-16-17(10-13)29-12-28-16/h1-5,10H,6-9,11-12H2,(H,23,26). The third-order valence-electron chi connectivity index (χ3n) is 4.90. The molecule has 0 aliphatic carbocycles. The molecule has 2 heterocycles. The SMILES string of the molecule is O=C(Nc1cccc(Cl)c1Cl)C(=O)N1CCN(Cc2ccc3c(c2)OCO3)CC1. The van der Waals surface area contributed by atoms with Crippen LogP contribution < -0.4 is 14.8 Å². The van der Waals surface area contributed by atoms with Crippen LogP contribution in [0.1, 0.15) is 5.56 Å². The van der Waals surface area contributed by atoms with Gasteiger partial charge in [0, 0.05) is 32.7 Å². The first-order chi connectivity index (χ1) is 14.0. The van der Waals surface area contributed by atoms with Gasteiger partial charge in [0.15, 0.2) is 11.5 Å². The predicted molar refractivity (Wildman–Crippen MR) is 110 cm³/mol. The number of ether oxygens (including phenoxy) is 2. The Morgan fingerprint density at radius 3 is 2.55 bits per heavy atom. The van der Waals surface area contributed by atoms with Gasteiger partial charge in [0.2, 0.25) is 6.79 Å². The molecule has 4 rings (SSSR count). The summed E-state index contributed by atoms with van der Waals surface area (Å²) >= 11 is 12.0. The minimum atomic E-state index is -0.724.